The molecule has 0 aliphatic heterocycles. The van der Waals surface area contributed by atoms with E-state index in [4.69, 9.17) is 0 Å². The highest BCUT2D eigenvalue weighted by molar-refractivity contribution is 6.08. The molecule has 0 aliphatic carbocycles. The molecule has 1 rings (SSSR count). The van der Waals surface area contributed by atoms with Gasteiger partial charge in [0.2, 0.25) is 0 Å². The third-order valence-electron chi connectivity index (χ3n) is 2.12. The molecule has 15 heavy (non-hydrogen) atoms. The Hall–Kier alpha value is -1.70. The van der Waals surface area contributed by atoms with E-state index in [0.29, 0.717) is 5.56 Å². The lowest BCUT2D eigenvalue weighted by Gasteiger charge is -2.02. The number of benzene rings is 1. The van der Waals surface area contributed by atoms with Gasteiger partial charge in [-0.3, -0.25) is 9.59 Å². The van der Waals surface area contributed by atoms with Crippen LogP contribution in [0.25, 0.3) is 0 Å². The molecule has 0 bridgehead atoms. The van der Waals surface area contributed by atoms with Crippen LogP contribution in [0, 0.1) is 13.8 Å². The highest BCUT2D eigenvalue weighted by Crippen LogP contribution is 2.11. The van der Waals surface area contributed by atoms with Crippen LogP contribution in [0.2, 0.25) is 0 Å². The first-order chi connectivity index (χ1) is 7.00. The van der Waals surface area contributed by atoms with Crippen molar-refractivity contribution in [3.63, 3.8) is 0 Å². The highest BCUT2D eigenvalue weighted by atomic mass is 16.1. The van der Waals surface area contributed by atoms with Gasteiger partial charge in [0.1, 0.15) is 0 Å². The summed E-state index contributed by atoms with van der Waals surface area (Å²) in [5, 5.41) is 0. The maximum absolute atomic E-state index is 11.6. The smallest absolute Gasteiger partial charge is 0.186 e. The van der Waals surface area contributed by atoms with Crippen LogP contribution in [-0.4, -0.2) is 11.6 Å². The molecule has 0 heterocycles. The van der Waals surface area contributed by atoms with E-state index < -0.39 is 0 Å². The number of aryl methyl sites for hydroxylation is 2. The Balaban J connectivity index is 2.97. The Bertz CT molecular complexity index is 428. The maximum atomic E-state index is 11.6. The average molecular weight is 202 g/mol. The SMILES string of the molecule is CC(=O)/C=C/C(=O)c1ccc(C)cc1C. The van der Waals surface area contributed by atoms with Crippen LogP contribution in [0.4, 0.5) is 0 Å². The van der Waals surface area contributed by atoms with Gasteiger partial charge in [-0.15, -0.1) is 0 Å². The molecule has 0 amide bonds. The molecule has 0 unspecified atom stereocenters. The van der Waals surface area contributed by atoms with Crippen molar-refractivity contribution in [2.75, 3.05) is 0 Å². The van der Waals surface area contributed by atoms with Crippen LogP contribution >= 0.6 is 0 Å². The lowest BCUT2D eigenvalue weighted by molar-refractivity contribution is -0.112. The van der Waals surface area contributed by atoms with E-state index in [2.05, 4.69) is 0 Å². The summed E-state index contributed by atoms with van der Waals surface area (Å²) in [7, 11) is 0. The molecule has 78 valence electrons. The molecule has 0 aliphatic rings. The van der Waals surface area contributed by atoms with Gasteiger partial charge in [-0.05, 0) is 38.5 Å². The van der Waals surface area contributed by atoms with Gasteiger partial charge in [-0.2, -0.15) is 0 Å². The summed E-state index contributed by atoms with van der Waals surface area (Å²) in [6, 6.07) is 5.63. The van der Waals surface area contributed by atoms with Crippen LogP contribution in [0.5, 0.6) is 0 Å². The molecule has 0 spiro atoms. The number of ketones is 2. The molecule has 0 aromatic heterocycles. The number of carbonyl (C=O) groups excluding carboxylic acids is 2. The topological polar surface area (TPSA) is 34.1 Å². The summed E-state index contributed by atoms with van der Waals surface area (Å²) in [5.41, 5.74) is 2.71. The summed E-state index contributed by atoms with van der Waals surface area (Å²) in [6.45, 7) is 5.29. The van der Waals surface area contributed by atoms with Crippen LogP contribution in [0.15, 0.2) is 30.4 Å². The molecule has 0 saturated heterocycles. The van der Waals surface area contributed by atoms with Crippen molar-refractivity contribution in [1.29, 1.82) is 0 Å². The molecule has 0 radical (unpaired) electrons. The number of hydrogen-bond acceptors (Lipinski definition) is 2. The van der Waals surface area contributed by atoms with Crippen LogP contribution in [0.1, 0.15) is 28.4 Å². The molecular formula is C13H14O2. The second-order valence-corrected chi connectivity index (χ2v) is 3.63. The fraction of sp³-hybridized carbons (Fsp3) is 0.231. The fourth-order valence-corrected chi connectivity index (χ4v) is 1.37. The highest BCUT2D eigenvalue weighted by Gasteiger charge is 2.05. The van der Waals surface area contributed by atoms with Crippen LogP contribution in [0.3, 0.4) is 0 Å². The molecule has 0 atom stereocenters. The number of allylic oxidation sites excluding steroid dienone is 2. The lowest BCUT2D eigenvalue weighted by atomic mass is 10.0. The zero-order valence-electron chi connectivity index (χ0n) is 9.20. The van der Waals surface area contributed by atoms with Gasteiger partial charge in [-0.1, -0.05) is 23.8 Å². The van der Waals surface area contributed by atoms with Crippen molar-refractivity contribution < 1.29 is 9.59 Å². The summed E-state index contributed by atoms with van der Waals surface area (Å²) in [5.74, 6) is -0.240. The Morgan fingerprint density at radius 3 is 2.33 bits per heavy atom. The minimum absolute atomic E-state index is 0.117. The zero-order chi connectivity index (χ0) is 11.4. The van der Waals surface area contributed by atoms with Crippen molar-refractivity contribution in [2.24, 2.45) is 0 Å². The Kier molecular flexibility index (Phi) is 3.56. The van der Waals surface area contributed by atoms with Gasteiger partial charge in [-0.25, -0.2) is 0 Å². The van der Waals surface area contributed by atoms with E-state index in [-0.39, 0.29) is 11.6 Å². The molecule has 0 saturated carbocycles. The van der Waals surface area contributed by atoms with Crippen molar-refractivity contribution in [3.8, 4) is 0 Å². The monoisotopic (exact) mass is 202 g/mol. The predicted molar refractivity (Wildman–Crippen MR) is 60.1 cm³/mol. The first-order valence-electron chi connectivity index (χ1n) is 4.81. The number of hydrogen-bond donors (Lipinski definition) is 0. The molecular weight excluding hydrogens is 188 g/mol. The van der Waals surface area contributed by atoms with E-state index in [1.807, 2.05) is 26.0 Å². The average Bonchev–Trinajstić information content (AvgIpc) is 2.14. The van der Waals surface area contributed by atoms with Crippen LogP contribution in [-0.2, 0) is 4.79 Å². The van der Waals surface area contributed by atoms with Gasteiger partial charge in [0.05, 0.1) is 0 Å². The standard InChI is InChI=1S/C13H14O2/c1-9-4-6-12(10(2)8-9)13(15)7-5-11(3)14/h4-8H,1-3H3/b7-5+. The largest absolute Gasteiger partial charge is 0.295 e. The normalized spacial score (nSPS) is 10.6. The second kappa shape index (κ2) is 4.69. The van der Waals surface area contributed by atoms with E-state index in [1.165, 1.54) is 19.1 Å². The third-order valence-corrected chi connectivity index (χ3v) is 2.12. The number of rotatable bonds is 3. The van der Waals surface area contributed by atoms with Gasteiger partial charge in [0.15, 0.2) is 11.6 Å². The Morgan fingerprint density at radius 1 is 1.13 bits per heavy atom. The van der Waals surface area contributed by atoms with Crippen molar-refractivity contribution >= 4 is 11.6 Å². The summed E-state index contributed by atoms with van der Waals surface area (Å²) >= 11 is 0. The van der Waals surface area contributed by atoms with Crippen molar-refractivity contribution in [2.45, 2.75) is 20.8 Å². The summed E-state index contributed by atoms with van der Waals surface area (Å²) < 4.78 is 0. The summed E-state index contributed by atoms with van der Waals surface area (Å²) in [4.78, 5) is 22.3. The predicted octanol–water partition coefficient (Wildman–Crippen LogP) is 2.63. The fourth-order valence-electron chi connectivity index (χ4n) is 1.37. The number of carbonyl (C=O) groups is 2. The van der Waals surface area contributed by atoms with Crippen molar-refractivity contribution in [3.05, 3.63) is 47.0 Å². The Morgan fingerprint density at radius 2 is 1.80 bits per heavy atom. The molecule has 2 nitrogen and oxygen atoms in total. The maximum Gasteiger partial charge on any atom is 0.186 e. The first-order valence-corrected chi connectivity index (χ1v) is 4.81. The molecule has 1 aromatic carbocycles. The molecule has 2 heteroatoms. The quantitative estimate of drug-likeness (QED) is 0.557. The van der Waals surface area contributed by atoms with Crippen molar-refractivity contribution in [1.82, 2.24) is 0 Å². The first kappa shape index (κ1) is 11.4. The minimum Gasteiger partial charge on any atom is -0.295 e. The lowest BCUT2D eigenvalue weighted by Crippen LogP contribution is -1.99. The van der Waals surface area contributed by atoms with E-state index in [1.54, 1.807) is 6.07 Å². The molecule has 1 aromatic rings. The zero-order valence-corrected chi connectivity index (χ0v) is 9.20. The second-order valence-electron chi connectivity index (χ2n) is 3.63. The summed E-state index contributed by atoms with van der Waals surface area (Å²) in [6.07, 6.45) is 2.61. The molecule has 0 N–H and O–H groups in total. The van der Waals surface area contributed by atoms with E-state index in [9.17, 15) is 9.59 Å². The van der Waals surface area contributed by atoms with Gasteiger partial charge in [0.25, 0.3) is 0 Å². The third kappa shape index (κ3) is 3.17. The Labute approximate surface area is 89.6 Å². The van der Waals surface area contributed by atoms with Crippen LogP contribution < -0.4 is 0 Å². The van der Waals surface area contributed by atoms with E-state index >= 15 is 0 Å². The van der Waals surface area contributed by atoms with Gasteiger partial charge >= 0.3 is 0 Å². The van der Waals surface area contributed by atoms with E-state index in [0.717, 1.165) is 11.1 Å². The van der Waals surface area contributed by atoms with Gasteiger partial charge in [0, 0.05) is 5.56 Å². The molecule has 0 fully saturated rings. The minimum atomic E-state index is -0.122. The van der Waals surface area contributed by atoms with Gasteiger partial charge < -0.3 is 0 Å².